The third-order valence-corrected chi connectivity index (χ3v) is 6.84. The average Bonchev–Trinajstić information content (AvgIpc) is 3.09. The van der Waals surface area contributed by atoms with Gasteiger partial charge in [-0.3, -0.25) is 9.69 Å². The third-order valence-electron chi connectivity index (χ3n) is 6.84. The van der Waals surface area contributed by atoms with Crippen LogP contribution < -0.4 is 10.5 Å². The number of aryl methyl sites for hydroxylation is 1. The summed E-state index contributed by atoms with van der Waals surface area (Å²) in [4.78, 5) is 20.3. The predicted molar refractivity (Wildman–Crippen MR) is 129 cm³/mol. The molecular formula is C27H29N3O3. The van der Waals surface area contributed by atoms with Gasteiger partial charge in [-0.05, 0) is 60.2 Å². The van der Waals surface area contributed by atoms with Crippen LogP contribution in [0.25, 0.3) is 5.57 Å². The molecule has 170 valence electrons. The van der Waals surface area contributed by atoms with Crippen molar-refractivity contribution in [1.29, 1.82) is 0 Å². The second-order valence-corrected chi connectivity index (χ2v) is 8.74. The first-order chi connectivity index (χ1) is 16.0. The van der Waals surface area contributed by atoms with Crippen LogP contribution in [0.2, 0.25) is 0 Å². The van der Waals surface area contributed by atoms with Crippen LogP contribution in [-0.2, 0) is 21.5 Å². The molecule has 2 atom stereocenters. The predicted octanol–water partition coefficient (Wildman–Crippen LogP) is 3.81. The summed E-state index contributed by atoms with van der Waals surface area (Å²) in [6.07, 6.45) is 8.37. The smallest absolute Gasteiger partial charge is 0.265 e. The Morgan fingerprint density at radius 3 is 2.76 bits per heavy atom. The molecule has 2 N–H and O–H groups in total. The zero-order valence-electron chi connectivity index (χ0n) is 19.1. The minimum Gasteiger partial charge on any atom is -0.493 e. The van der Waals surface area contributed by atoms with Crippen molar-refractivity contribution < 1.29 is 14.3 Å². The van der Waals surface area contributed by atoms with Crippen molar-refractivity contribution in [2.45, 2.75) is 37.3 Å². The van der Waals surface area contributed by atoms with Gasteiger partial charge in [-0.2, -0.15) is 0 Å². The quantitative estimate of drug-likeness (QED) is 0.762. The molecule has 0 fully saturated rings. The number of likely N-dealkylation sites (N-methyl/N-ethyl adjacent to an activating group) is 1. The van der Waals surface area contributed by atoms with E-state index in [4.69, 9.17) is 20.2 Å². The molecule has 1 amide bonds. The Kier molecular flexibility index (Phi) is 5.33. The number of nitrogens with two attached hydrogens (primary N) is 1. The van der Waals surface area contributed by atoms with Crippen molar-refractivity contribution in [3.05, 3.63) is 83.4 Å². The Hall–Kier alpha value is -3.38. The molecule has 6 nitrogen and oxygen atoms in total. The molecule has 33 heavy (non-hydrogen) atoms. The molecule has 3 aliphatic rings. The van der Waals surface area contributed by atoms with Crippen LogP contribution in [0.1, 0.15) is 36.5 Å². The summed E-state index contributed by atoms with van der Waals surface area (Å²) in [6, 6.07) is 16.1. The number of rotatable bonds is 5. The summed E-state index contributed by atoms with van der Waals surface area (Å²) >= 11 is 0. The minimum atomic E-state index is -1.33. The van der Waals surface area contributed by atoms with E-state index in [1.54, 1.807) is 7.05 Å². The van der Waals surface area contributed by atoms with E-state index in [2.05, 4.69) is 24.3 Å². The van der Waals surface area contributed by atoms with Crippen LogP contribution in [0, 0.1) is 0 Å². The van der Waals surface area contributed by atoms with Crippen LogP contribution in [0.3, 0.4) is 0 Å². The Bertz CT molecular complexity index is 1170. The number of allylic oxidation sites excluding steroid dienone is 2. The molecule has 2 aromatic carbocycles. The van der Waals surface area contributed by atoms with Crippen LogP contribution in [0.5, 0.6) is 5.75 Å². The summed E-state index contributed by atoms with van der Waals surface area (Å²) in [5.41, 5.74) is 7.94. The van der Waals surface area contributed by atoms with Gasteiger partial charge in [0.2, 0.25) is 5.54 Å². The van der Waals surface area contributed by atoms with Gasteiger partial charge in [-0.1, -0.05) is 48.6 Å². The van der Waals surface area contributed by atoms with Crippen LogP contribution in [-0.4, -0.2) is 42.6 Å². The molecular weight excluding hydrogens is 414 g/mol. The highest BCUT2D eigenvalue weighted by molar-refractivity contribution is 6.08. The van der Waals surface area contributed by atoms with Crippen molar-refractivity contribution in [2.24, 2.45) is 10.7 Å². The number of hydrogen-bond acceptors (Lipinski definition) is 5. The fourth-order valence-corrected chi connectivity index (χ4v) is 5.22. The number of benzene rings is 2. The van der Waals surface area contributed by atoms with Gasteiger partial charge in [0.25, 0.3) is 5.91 Å². The molecule has 2 aromatic rings. The Balaban J connectivity index is 1.70. The van der Waals surface area contributed by atoms with E-state index < -0.39 is 11.1 Å². The standard InChI is InChI=1S/C27H29N3O3/c1-3-33-26(15-7-11-21(18-26)19-9-5-4-6-10-19)27(24(31)30(2)25(28)29-27)22-13-14-23-20(17-22)12-8-16-32-23/h4-7,9-11,13-15,17H,3,8,12,16,18H2,1-2H3,(H2,28,29). The van der Waals surface area contributed by atoms with Gasteiger partial charge in [-0.15, -0.1) is 0 Å². The number of ether oxygens (including phenoxy) is 2. The Morgan fingerprint density at radius 2 is 2.03 bits per heavy atom. The van der Waals surface area contributed by atoms with Crippen molar-refractivity contribution in [3.8, 4) is 5.75 Å². The second-order valence-electron chi connectivity index (χ2n) is 8.74. The fraction of sp³-hybridized carbons (Fsp3) is 0.333. The molecule has 6 heteroatoms. The summed E-state index contributed by atoms with van der Waals surface area (Å²) < 4.78 is 12.3. The van der Waals surface area contributed by atoms with Crippen molar-refractivity contribution in [2.75, 3.05) is 20.3 Å². The number of guanidine groups is 1. The first kappa shape index (κ1) is 21.5. The van der Waals surface area contributed by atoms with Gasteiger partial charge in [0.15, 0.2) is 5.96 Å². The van der Waals surface area contributed by atoms with E-state index in [0.29, 0.717) is 19.6 Å². The second kappa shape index (κ2) is 8.19. The number of aliphatic imine (C=N–C) groups is 1. The lowest BCUT2D eigenvalue weighted by Gasteiger charge is -2.45. The van der Waals surface area contributed by atoms with Crippen LogP contribution >= 0.6 is 0 Å². The van der Waals surface area contributed by atoms with E-state index in [9.17, 15) is 4.79 Å². The topological polar surface area (TPSA) is 77.2 Å². The maximum atomic E-state index is 14.0. The van der Waals surface area contributed by atoms with E-state index in [1.165, 1.54) is 4.90 Å². The molecule has 5 rings (SSSR count). The van der Waals surface area contributed by atoms with Crippen molar-refractivity contribution >= 4 is 17.4 Å². The number of carbonyl (C=O) groups excluding carboxylic acids is 1. The maximum Gasteiger partial charge on any atom is 0.265 e. The Morgan fingerprint density at radius 1 is 1.21 bits per heavy atom. The first-order valence-corrected chi connectivity index (χ1v) is 11.5. The fourth-order valence-electron chi connectivity index (χ4n) is 5.22. The number of fused-ring (bicyclic) bond motifs is 1. The lowest BCUT2D eigenvalue weighted by molar-refractivity contribution is -0.142. The number of nitrogens with zero attached hydrogens (tertiary/aromatic N) is 2. The van der Waals surface area contributed by atoms with E-state index >= 15 is 0 Å². The van der Waals surface area contributed by atoms with E-state index in [0.717, 1.165) is 40.9 Å². The molecule has 2 aliphatic heterocycles. The van der Waals surface area contributed by atoms with E-state index in [-0.39, 0.29) is 11.9 Å². The summed E-state index contributed by atoms with van der Waals surface area (Å²) in [5.74, 6) is 0.867. The summed E-state index contributed by atoms with van der Waals surface area (Å²) in [5, 5.41) is 0. The van der Waals surface area contributed by atoms with Gasteiger partial charge in [-0.25, -0.2) is 4.99 Å². The van der Waals surface area contributed by atoms with Crippen molar-refractivity contribution in [3.63, 3.8) is 0 Å². The average molecular weight is 444 g/mol. The molecule has 0 radical (unpaired) electrons. The lowest BCUT2D eigenvalue weighted by atomic mass is 9.68. The highest BCUT2D eigenvalue weighted by atomic mass is 16.5. The minimum absolute atomic E-state index is 0.191. The summed E-state index contributed by atoms with van der Waals surface area (Å²) in [6.45, 7) is 3.08. The molecule has 0 bridgehead atoms. The molecule has 1 aliphatic carbocycles. The first-order valence-electron chi connectivity index (χ1n) is 11.5. The molecule has 0 saturated heterocycles. The number of amides is 1. The zero-order valence-corrected chi connectivity index (χ0v) is 19.1. The highest BCUT2D eigenvalue weighted by Gasteiger charge is 2.62. The van der Waals surface area contributed by atoms with Crippen LogP contribution in [0.4, 0.5) is 0 Å². The zero-order chi connectivity index (χ0) is 23.1. The number of hydrogen-bond donors (Lipinski definition) is 1. The monoisotopic (exact) mass is 443 g/mol. The lowest BCUT2D eigenvalue weighted by Crippen LogP contribution is -2.57. The Labute approximate surface area is 194 Å². The summed E-state index contributed by atoms with van der Waals surface area (Å²) in [7, 11) is 1.67. The van der Waals surface area contributed by atoms with Gasteiger partial charge in [0.1, 0.15) is 11.4 Å². The molecule has 0 aromatic heterocycles. The highest BCUT2D eigenvalue weighted by Crippen LogP contribution is 2.51. The molecule has 0 spiro atoms. The van der Waals surface area contributed by atoms with E-state index in [1.807, 2.05) is 49.4 Å². The molecule has 2 unspecified atom stereocenters. The normalized spacial score (nSPS) is 26.5. The van der Waals surface area contributed by atoms with Gasteiger partial charge < -0.3 is 15.2 Å². The third kappa shape index (κ3) is 3.28. The molecule has 2 heterocycles. The number of carbonyl (C=O) groups is 1. The van der Waals surface area contributed by atoms with Gasteiger partial charge >= 0.3 is 0 Å². The van der Waals surface area contributed by atoms with Gasteiger partial charge in [0.05, 0.1) is 6.61 Å². The largest absolute Gasteiger partial charge is 0.493 e. The maximum absolute atomic E-state index is 14.0. The SMILES string of the molecule is CCOC1(C2(c3ccc4c(c3)CCCO4)N=C(N)N(C)C2=O)C=CC=C(c2ccccc2)C1. The van der Waals surface area contributed by atoms with Gasteiger partial charge in [0, 0.05) is 20.1 Å². The van der Waals surface area contributed by atoms with Crippen molar-refractivity contribution in [1.82, 2.24) is 4.90 Å². The molecule has 0 saturated carbocycles. The van der Waals surface area contributed by atoms with Crippen LogP contribution in [0.15, 0.2) is 71.8 Å².